The Labute approximate surface area is 123 Å². The lowest BCUT2D eigenvalue weighted by Gasteiger charge is -2.25. The SMILES string of the molecule is COc1ccc(CCN2CCCC2CNC(C)C)cc1. The van der Waals surface area contributed by atoms with Crippen LogP contribution in [0.3, 0.4) is 0 Å². The first-order chi connectivity index (χ1) is 9.69. The van der Waals surface area contributed by atoms with Crippen LogP contribution in [0, 0.1) is 0 Å². The van der Waals surface area contributed by atoms with E-state index in [-0.39, 0.29) is 0 Å². The highest BCUT2D eigenvalue weighted by atomic mass is 16.5. The van der Waals surface area contributed by atoms with Crippen LogP contribution in [-0.4, -0.2) is 43.7 Å². The van der Waals surface area contributed by atoms with Crippen molar-refractivity contribution in [3.63, 3.8) is 0 Å². The predicted octanol–water partition coefficient (Wildman–Crippen LogP) is 2.70. The summed E-state index contributed by atoms with van der Waals surface area (Å²) in [6.07, 6.45) is 3.80. The minimum Gasteiger partial charge on any atom is -0.497 e. The summed E-state index contributed by atoms with van der Waals surface area (Å²) in [5, 5.41) is 3.57. The minimum absolute atomic E-state index is 0.582. The van der Waals surface area contributed by atoms with Gasteiger partial charge < -0.3 is 10.1 Å². The van der Waals surface area contributed by atoms with E-state index >= 15 is 0 Å². The van der Waals surface area contributed by atoms with E-state index in [9.17, 15) is 0 Å². The van der Waals surface area contributed by atoms with E-state index in [1.54, 1.807) is 7.11 Å². The average Bonchev–Trinajstić information content (AvgIpc) is 2.91. The summed E-state index contributed by atoms with van der Waals surface area (Å²) < 4.78 is 5.20. The van der Waals surface area contributed by atoms with Gasteiger partial charge in [0.25, 0.3) is 0 Å². The van der Waals surface area contributed by atoms with Gasteiger partial charge in [-0.05, 0) is 43.5 Å². The molecule has 1 saturated heterocycles. The number of hydrogen-bond acceptors (Lipinski definition) is 3. The second-order valence-corrected chi connectivity index (χ2v) is 5.99. The van der Waals surface area contributed by atoms with E-state index in [0.717, 1.165) is 31.3 Å². The number of ether oxygens (including phenoxy) is 1. The van der Waals surface area contributed by atoms with Crippen LogP contribution in [0.5, 0.6) is 5.75 Å². The Hall–Kier alpha value is -1.06. The van der Waals surface area contributed by atoms with Crippen molar-refractivity contribution in [3.05, 3.63) is 29.8 Å². The van der Waals surface area contributed by atoms with Crippen molar-refractivity contribution in [1.29, 1.82) is 0 Å². The molecule has 1 aliphatic heterocycles. The Morgan fingerprint density at radius 1 is 1.30 bits per heavy atom. The Kier molecular flexibility index (Phi) is 5.86. The first-order valence-electron chi connectivity index (χ1n) is 7.79. The molecule has 0 saturated carbocycles. The molecule has 1 aromatic rings. The quantitative estimate of drug-likeness (QED) is 0.828. The monoisotopic (exact) mass is 276 g/mol. The maximum Gasteiger partial charge on any atom is 0.118 e. The zero-order valence-electron chi connectivity index (χ0n) is 13.1. The second kappa shape index (κ2) is 7.65. The molecule has 3 heteroatoms. The van der Waals surface area contributed by atoms with Gasteiger partial charge in [-0.3, -0.25) is 4.90 Å². The van der Waals surface area contributed by atoms with Crippen LogP contribution in [0.1, 0.15) is 32.3 Å². The van der Waals surface area contributed by atoms with Crippen molar-refractivity contribution in [1.82, 2.24) is 10.2 Å². The fourth-order valence-electron chi connectivity index (χ4n) is 2.86. The average molecular weight is 276 g/mol. The third-order valence-corrected chi connectivity index (χ3v) is 4.11. The van der Waals surface area contributed by atoms with Gasteiger partial charge >= 0.3 is 0 Å². The fourth-order valence-corrected chi connectivity index (χ4v) is 2.86. The molecule has 0 radical (unpaired) electrons. The van der Waals surface area contributed by atoms with Gasteiger partial charge in [0.15, 0.2) is 0 Å². The molecular weight excluding hydrogens is 248 g/mol. The first kappa shape index (κ1) is 15.3. The van der Waals surface area contributed by atoms with E-state index in [4.69, 9.17) is 4.74 Å². The van der Waals surface area contributed by atoms with Gasteiger partial charge in [0.2, 0.25) is 0 Å². The molecule has 1 fully saturated rings. The highest BCUT2D eigenvalue weighted by molar-refractivity contribution is 5.27. The maximum atomic E-state index is 5.20. The topological polar surface area (TPSA) is 24.5 Å². The predicted molar refractivity (Wildman–Crippen MR) is 84.4 cm³/mol. The molecule has 1 atom stereocenters. The number of nitrogens with one attached hydrogen (secondary N) is 1. The van der Waals surface area contributed by atoms with E-state index in [0.29, 0.717) is 6.04 Å². The van der Waals surface area contributed by atoms with Crippen LogP contribution in [0.2, 0.25) is 0 Å². The fraction of sp³-hybridized carbons (Fsp3) is 0.647. The molecule has 3 nitrogen and oxygen atoms in total. The highest BCUT2D eigenvalue weighted by Gasteiger charge is 2.23. The van der Waals surface area contributed by atoms with Gasteiger partial charge in [0.05, 0.1) is 7.11 Å². The lowest BCUT2D eigenvalue weighted by Crippen LogP contribution is -2.41. The Morgan fingerprint density at radius 3 is 2.70 bits per heavy atom. The van der Waals surface area contributed by atoms with E-state index in [2.05, 4.69) is 48.3 Å². The molecule has 0 spiro atoms. The Morgan fingerprint density at radius 2 is 2.05 bits per heavy atom. The summed E-state index contributed by atoms with van der Waals surface area (Å²) in [6.45, 7) is 7.98. The smallest absolute Gasteiger partial charge is 0.118 e. The van der Waals surface area contributed by atoms with Gasteiger partial charge in [-0.1, -0.05) is 26.0 Å². The number of hydrogen-bond donors (Lipinski definition) is 1. The van der Waals surface area contributed by atoms with Gasteiger partial charge in [0, 0.05) is 25.2 Å². The molecule has 0 aliphatic carbocycles. The molecule has 0 bridgehead atoms. The molecule has 1 aliphatic rings. The third kappa shape index (κ3) is 4.50. The summed E-state index contributed by atoms with van der Waals surface area (Å²) in [5.41, 5.74) is 1.40. The number of benzene rings is 1. The zero-order chi connectivity index (χ0) is 14.4. The molecule has 2 rings (SSSR count). The largest absolute Gasteiger partial charge is 0.497 e. The van der Waals surface area contributed by atoms with Crippen LogP contribution >= 0.6 is 0 Å². The molecule has 1 unspecified atom stereocenters. The second-order valence-electron chi connectivity index (χ2n) is 5.99. The molecule has 20 heavy (non-hydrogen) atoms. The van der Waals surface area contributed by atoms with Crippen molar-refractivity contribution >= 4 is 0 Å². The molecule has 0 aromatic heterocycles. The van der Waals surface area contributed by atoms with Gasteiger partial charge in [-0.15, -0.1) is 0 Å². The van der Waals surface area contributed by atoms with Crippen molar-refractivity contribution in [3.8, 4) is 5.75 Å². The molecule has 0 amide bonds. The first-order valence-corrected chi connectivity index (χ1v) is 7.79. The van der Waals surface area contributed by atoms with Gasteiger partial charge in [-0.2, -0.15) is 0 Å². The van der Waals surface area contributed by atoms with E-state index < -0.39 is 0 Å². The van der Waals surface area contributed by atoms with Crippen molar-refractivity contribution < 1.29 is 4.74 Å². The van der Waals surface area contributed by atoms with Crippen LogP contribution in [0.15, 0.2) is 24.3 Å². The summed E-state index contributed by atoms with van der Waals surface area (Å²) in [7, 11) is 1.71. The summed E-state index contributed by atoms with van der Waals surface area (Å²) >= 11 is 0. The summed E-state index contributed by atoms with van der Waals surface area (Å²) in [4.78, 5) is 2.64. The zero-order valence-corrected chi connectivity index (χ0v) is 13.1. The number of rotatable bonds is 7. The Balaban J connectivity index is 1.79. The number of likely N-dealkylation sites (tertiary alicyclic amines) is 1. The lowest BCUT2D eigenvalue weighted by atomic mass is 10.1. The summed E-state index contributed by atoms with van der Waals surface area (Å²) in [5.74, 6) is 0.939. The number of nitrogens with zero attached hydrogens (tertiary/aromatic N) is 1. The van der Waals surface area contributed by atoms with Crippen molar-refractivity contribution in [2.45, 2.75) is 45.2 Å². The van der Waals surface area contributed by atoms with Gasteiger partial charge in [0.1, 0.15) is 5.75 Å². The molecule has 112 valence electrons. The van der Waals surface area contributed by atoms with Crippen molar-refractivity contribution in [2.75, 3.05) is 26.7 Å². The molecule has 1 aromatic carbocycles. The van der Waals surface area contributed by atoms with Crippen LogP contribution < -0.4 is 10.1 Å². The third-order valence-electron chi connectivity index (χ3n) is 4.11. The van der Waals surface area contributed by atoms with E-state index in [1.165, 1.54) is 24.9 Å². The standard InChI is InChI=1S/C17H28N2O/c1-14(2)18-13-16-5-4-11-19(16)12-10-15-6-8-17(20-3)9-7-15/h6-9,14,16,18H,4-5,10-13H2,1-3H3. The molecule has 1 N–H and O–H groups in total. The minimum atomic E-state index is 0.582. The molecular formula is C17H28N2O. The van der Waals surface area contributed by atoms with Crippen LogP contribution in [-0.2, 0) is 6.42 Å². The van der Waals surface area contributed by atoms with Crippen LogP contribution in [0.25, 0.3) is 0 Å². The molecule has 1 heterocycles. The van der Waals surface area contributed by atoms with Gasteiger partial charge in [-0.25, -0.2) is 0 Å². The van der Waals surface area contributed by atoms with Crippen LogP contribution in [0.4, 0.5) is 0 Å². The van der Waals surface area contributed by atoms with Crippen molar-refractivity contribution in [2.24, 2.45) is 0 Å². The highest BCUT2D eigenvalue weighted by Crippen LogP contribution is 2.18. The summed E-state index contributed by atoms with van der Waals surface area (Å²) in [6, 6.07) is 9.76. The maximum absolute atomic E-state index is 5.20. The van der Waals surface area contributed by atoms with E-state index in [1.807, 2.05) is 0 Å². The Bertz CT molecular complexity index is 388. The lowest BCUT2D eigenvalue weighted by molar-refractivity contribution is 0.247. The number of methoxy groups -OCH3 is 1. The normalized spacial score (nSPS) is 19.7.